The van der Waals surface area contributed by atoms with Gasteiger partial charge in [-0.1, -0.05) is 12.0 Å². The first-order valence-corrected chi connectivity index (χ1v) is 11.4. The van der Waals surface area contributed by atoms with Crippen LogP contribution in [0.25, 0.3) is 10.8 Å². The monoisotopic (exact) mass is 455 g/mol. The van der Waals surface area contributed by atoms with Crippen molar-refractivity contribution in [1.82, 2.24) is 19.9 Å². The van der Waals surface area contributed by atoms with Crippen LogP contribution in [0.2, 0.25) is 0 Å². The Bertz CT molecular complexity index is 1350. The standard InChI is InChI=1S/C26H25N5O3/c1-16-22-15-29-23(30-24(32)17-4-5-17)12-21(22)18(13-27-16)6-8-20-9-7-19(14-28-20)26(34)10-3-11-31(2)25(26)33/h7,9,12-15,17,34H,3-5,10-11H2,1-2H3,(H,29,30,32)/t26-/m0/s1. The molecule has 1 atom stereocenters. The van der Waals surface area contributed by atoms with Gasteiger partial charge < -0.3 is 15.3 Å². The molecule has 0 spiro atoms. The molecule has 2 fully saturated rings. The lowest BCUT2D eigenvalue weighted by Gasteiger charge is -2.36. The van der Waals surface area contributed by atoms with Crippen LogP contribution in [0.3, 0.4) is 0 Å². The lowest BCUT2D eigenvalue weighted by molar-refractivity contribution is -0.156. The Balaban J connectivity index is 1.43. The van der Waals surface area contributed by atoms with Crippen molar-refractivity contribution in [2.24, 2.45) is 5.92 Å². The van der Waals surface area contributed by atoms with Crippen LogP contribution in [0.1, 0.15) is 48.2 Å². The number of nitrogens with one attached hydrogen (secondary N) is 1. The van der Waals surface area contributed by atoms with Gasteiger partial charge >= 0.3 is 0 Å². The van der Waals surface area contributed by atoms with Crippen LogP contribution in [0.5, 0.6) is 0 Å². The highest BCUT2D eigenvalue weighted by Gasteiger charge is 2.42. The van der Waals surface area contributed by atoms with E-state index in [0.717, 1.165) is 35.7 Å². The van der Waals surface area contributed by atoms with Crippen LogP contribution in [0.4, 0.5) is 5.82 Å². The summed E-state index contributed by atoms with van der Waals surface area (Å²) in [5, 5.41) is 15.5. The molecule has 1 aliphatic heterocycles. The smallest absolute Gasteiger partial charge is 0.258 e. The quantitative estimate of drug-likeness (QED) is 0.588. The number of aromatic nitrogens is 3. The van der Waals surface area contributed by atoms with E-state index in [0.29, 0.717) is 35.6 Å². The molecule has 1 saturated carbocycles. The number of fused-ring (bicyclic) bond motifs is 1. The summed E-state index contributed by atoms with van der Waals surface area (Å²) in [7, 11) is 1.69. The summed E-state index contributed by atoms with van der Waals surface area (Å²) in [5.41, 5.74) is 0.954. The topological polar surface area (TPSA) is 108 Å². The van der Waals surface area contributed by atoms with Crippen LogP contribution in [0, 0.1) is 24.7 Å². The Morgan fingerprint density at radius 2 is 1.97 bits per heavy atom. The molecule has 0 radical (unpaired) electrons. The molecule has 8 heteroatoms. The van der Waals surface area contributed by atoms with Gasteiger partial charge in [-0.15, -0.1) is 0 Å². The first-order chi connectivity index (χ1) is 16.3. The number of nitrogens with zero attached hydrogens (tertiary/aromatic N) is 4. The van der Waals surface area contributed by atoms with E-state index < -0.39 is 5.60 Å². The van der Waals surface area contributed by atoms with Crippen molar-refractivity contribution in [2.45, 2.75) is 38.2 Å². The van der Waals surface area contributed by atoms with Crippen LogP contribution < -0.4 is 5.32 Å². The van der Waals surface area contributed by atoms with E-state index in [4.69, 9.17) is 0 Å². The number of hydrogen-bond donors (Lipinski definition) is 2. The number of carbonyl (C=O) groups is 2. The molecule has 0 aromatic carbocycles. The highest BCUT2D eigenvalue weighted by Crippen LogP contribution is 2.32. The SMILES string of the molecule is Cc1ncc(C#Cc2ccc([C@@]3(O)CCCN(C)C3=O)cn2)c2cc(NC(=O)C3CC3)ncc12. The van der Waals surface area contributed by atoms with Crippen molar-refractivity contribution in [3.8, 4) is 11.8 Å². The minimum Gasteiger partial charge on any atom is -0.375 e. The molecule has 3 aromatic rings. The summed E-state index contributed by atoms with van der Waals surface area (Å²) >= 11 is 0. The molecule has 172 valence electrons. The van der Waals surface area contributed by atoms with Crippen LogP contribution >= 0.6 is 0 Å². The number of aliphatic hydroxyl groups is 1. The minimum absolute atomic E-state index is 0.00107. The van der Waals surface area contributed by atoms with Crippen molar-refractivity contribution in [3.63, 3.8) is 0 Å². The Hall–Kier alpha value is -3.83. The number of aryl methyl sites for hydroxylation is 1. The summed E-state index contributed by atoms with van der Waals surface area (Å²) in [4.78, 5) is 39.3. The number of amides is 2. The Kier molecular flexibility index (Phi) is 5.50. The molecule has 5 rings (SSSR count). The first-order valence-electron chi connectivity index (χ1n) is 11.4. The van der Waals surface area contributed by atoms with Gasteiger partial charge in [-0.05, 0) is 50.7 Å². The normalized spacial score (nSPS) is 20.1. The lowest BCUT2D eigenvalue weighted by atomic mass is 9.86. The molecule has 2 amide bonds. The predicted molar refractivity (Wildman–Crippen MR) is 127 cm³/mol. The van der Waals surface area contributed by atoms with Gasteiger partial charge in [0.05, 0.1) is 5.56 Å². The Labute approximate surface area is 197 Å². The molecular weight excluding hydrogens is 430 g/mol. The predicted octanol–water partition coefficient (Wildman–Crippen LogP) is 2.52. The summed E-state index contributed by atoms with van der Waals surface area (Å²) < 4.78 is 0. The Morgan fingerprint density at radius 1 is 1.15 bits per heavy atom. The number of carbonyl (C=O) groups excluding carboxylic acids is 2. The molecule has 1 saturated heterocycles. The molecule has 3 aromatic heterocycles. The van der Waals surface area contributed by atoms with Gasteiger partial charge in [0, 0.05) is 60.1 Å². The second-order valence-corrected chi connectivity index (χ2v) is 9.01. The zero-order valence-electron chi connectivity index (χ0n) is 19.1. The number of likely N-dealkylation sites (tertiary alicyclic amines) is 1. The molecule has 2 aliphatic rings. The molecule has 1 aliphatic carbocycles. The number of anilines is 1. The molecule has 4 heterocycles. The van der Waals surface area contributed by atoms with Gasteiger partial charge in [0.1, 0.15) is 11.5 Å². The number of hydrogen-bond acceptors (Lipinski definition) is 6. The first kappa shape index (κ1) is 22.0. The summed E-state index contributed by atoms with van der Waals surface area (Å²) in [5.74, 6) is 6.43. The maximum Gasteiger partial charge on any atom is 0.258 e. The third-order valence-electron chi connectivity index (χ3n) is 6.47. The zero-order chi connectivity index (χ0) is 23.9. The number of pyridine rings is 3. The third kappa shape index (κ3) is 4.11. The summed E-state index contributed by atoms with van der Waals surface area (Å²) in [6, 6.07) is 5.23. The molecule has 2 N–H and O–H groups in total. The van der Waals surface area contributed by atoms with Crippen molar-refractivity contribution >= 4 is 28.4 Å². The molecular formula is C26H25N5O3. The average Bonchev–Trinajstić information content (AvgIpc) is 3.68. The maximum atomic E-state index is 12.5. The van der Waals surface area contributed by atoms with Crippen molar-refractivity contribution < 1.29 is 14.7 Å². The average molecular weight is 456 g/mol. The highest BCUT2D eigenvalue weighted by molar-refractivity contribution is 5.97. The van der Waals surface area contributed by atoms with E-state index in [1.165, 1.54) is 6.20 Å². The van der Waals surface area contributed by atoms with Crippen molar-refractivity contribution in [2.75, 3.05) is 18.9 Å². The van der Waals surface area contributed by atoms with E-state index in [1.54, 1.807) is 36.5 Å². The maximum absolute atomic E-state index is 12.5. The van der Waals surface area contributed by atoms with Crippen molar-refractivity contribution in [1.29, 1.82) is 0 Å². The van der Waals surface area contributed by atoms with Gasteiger partial charge in [0.2, 0.25) is 5.91 Å². The third-order valence-corrected chi connectivity index (χ3v) is 6.47. The molecule has 0 unspecified atom stereocenters. The van der Waals surface area contributed by atoms with Gasteiger partial charge in [0.25, 0.3) is 5.91 Å². The van der Waals surface area contributed by atoms with E-state index >= 15 is 0 Å². The van der Waals surface area contributed by atoms with Crippen molar-refractivity contribution in [3.05, 3.63) is 59.3 Å². The minimum atomic E-state index is -1.54. The van der Waals surface area contributed by atoms with E-state index in [-0.39, 0.29) is 17.7 Å². The zero-order valence-corrected chi connectivity index (χ0v) is 19.1. The van der Waals surface area contributed by atoms with E-state index in [1.807, 2.05) is 13.0 Å². The summed E-state index contributed by atoms with van der Waals surface area (Å²) in [6.45, 7) is 2.54. The van der Waals surface area contributed by atoms with Gasteiger partial charge in [-0.25, -0.2) is 9.97 Å². The van der Waals surface area contributed by atoms with E-state index in [2.05, 4.69) is 32.1 Å². The van der Waals surface area contributed by atoms with Gasteiger partial charge in [-0.3, -0.25) is 14.6 Å². The van der Waals surface area contributed by atoms with Gasteiger partial charge in [0.15, 0.2) is 5.60 Å². The fraction of sp³-hybridized carbons (Fsp3) is 0.346. The van der Waals surface area contributed by atoms with Crippen LogP contribution in [0.15, 0.2) is 36.8 Å². The fourth-order valence-corrected chi connectivity index (χ4v) is 4.22. The van der Waals surface area contributed by atoms with Crippen LogP contribution in [-0.4, -0.2) is 50.4 Å². The number of likely N-dealkylation sites (N-methyl/N-ethyl adjacent to an activating group) is 1. The summed E-state index contributed by atoms with van der Waals surface area (Å²) in [6.07, 6.45) is 7.87. The fourth-order valence-electron chi connectivity index (χ4n) is 4.22. The Morgan fingerprint density at radius 3 is 2.71 bits per heavy atom. The number of rotatable bonds is 3. The second-order valence-electron chi connectivity index (χ2n) is 9.01. The molecule has 34 heavy (non-hydrogen) atoms. The largest absolute Gasteiger partial charge is 0.375 e. The van der Waals surface area contributed by atoms with Crippen LogP contribution in [-0.2, 0) is 15.2 Å². The highest BCUT2D eigenvalue weighted by atomic mass is 16.3. The van der Waals surface area contributed by atoms with E-state index in [9.17, 15) is 14.7 Å². The molecule has 0 bridgehead atoms. The molecule has 8 nitrogen and oxygen atoms in total. The number of piperidine rings is 1. The van der Waals surface area contributed by atoms with Gasteiger partial charge in [-0.2, -0.15) is 0 Å². The second kappa shape index (κ2) is 8.50. The lowest BCUT2D eigenvalue weighted by Crippen LogP contribution is -2.49.